The van der Waals surface area contributed by atoms with E-state index in [9.17, 15) is 0 Å². The zero-order chi connectivity index (χ0) is 10.3. The van der Waals surface area contributed by atoms with Gasteiger partial charge in [0.2, 0.25) is 0 Å². The third-order valence-corrected chi connectivity index (χ3v) is 3.57. The molecule has 0 radical (unpaired) electrons. The van der Waals surface area contributed by atoms with Crippen molar-refractivity contribution < 1.29 is 4.74 Å². The third kappa shape index (κ3) is 4.38. The minimum Gasteiger partial charge on any atom is -0.370 e. The van der Waals surface area contributed by atoms with Crippen molar-refractivity contribution in [2.45, 2.75) is 76.4 Å². The van der Waals surface area contributed by atoms with Crippen LogP contribution in [0.15, 0.2) is 12.2 Å². The second-order valence-corrected chi connectivity index (χ2v) is 4.96. The molecule has 1 nitrogen and oxygen atoms in total. The molecule has 1 aliphatic carbocycles. The van der Waals surface area contributed by atoms with E-state index in [1.807, 2.05) is 0 Å². The largest absolute Gasteiger partial charge is 0.370 e. The molecule has 1 heterocycles. The summed E-state index contributed by atoms with van der Waals surface area (Å²) in [4.78, 5) is 0. The Kier molecular flexibility index (Phi) is 4.72. The quantitative estimate of drug-likeness (QED) is 0.429. The van der Waals surface area contributed by atoms with Crippen LogP contribution < -0.4 is 0 Å². The Morgan fingerprint density at radius 3 is 1.73 bits per heavy atom. The summed E-state index contributed by atoms with van der Waals surface area (Å²) >= 11 is 0. The van der Waals surface area contributed by atoms with Crippen LogP contribution in [0.25, 0.3) is 0 Å². The maximum atomic E-state index is 5.68. The Labute approximate surface area is 93.9 Å². The van der Waals surface area contributed by atoms with Crippen LogP contribution in [0.3, 0.4) is 0 Å². The molecule has 2 unspecified atom stereocenters. The van der Waals surface area contributed by atoms with Gasteiger partial charge in [0.05, 0.1) is 12.2 Å². The zero-order valence-corrected chi connectivity index (χ0v) is 9.79. The standard InChI is InChI=1S/C14H24O/c1-2-4-6-8-10-12-14-13(15-14)11-9-7-5-3-1/h1-2,13-14H,3-12H2. The molecule has 1 aliphatic heterocycles. The number of allylic oxidation sites excluding steroid dienone is 2. The van der Waals surface area contributed by atoms with E-state index in [1.165, 1.54) is 64.2 Å². The first kappa shape index (κ1) is 11.2. The Morgan fingerprint density at radius 1 is 0.667 bits per heavy atom. The molecule has 1 saturated heterocycles. The fourth-order valence-electron chi connectivity index (χ4n) is 2.49. The Hall–Kier alpha value is -0.300. The van der Waals surface area contributed by atoms with Gasteiger partial charge in [-0.15, -0.1) is 0 Å². The second-order valence-electron chi connectivity index (χ2n) is 4.96. The summed E-state index contributed by atoms with van der Waals surface area (Å²) < 4.78 is 5.68. The summed E-state index contributed by atoms with van der Waals surface area (Å²) in [6.07, 6.45) is 19.5. The SMILES string of the molecule is C1=CCCCCCC2OC2CCCCC1. The maximum Gasteiger partial charge on any atom is 0.0841 e. The van der Waals surface area contributed by atoms with Gasteiger partial charge in [0.25, 0.3) is 0 Å². The maximum absolute atomic E-state index is 5.68. The molecule has 0 aromatic rings. The molecular weight excluding hydrogens is 184 g/mol. The van der Waals surface area contributed by atoms with Crippen LogP contribution in [-0.2, 0) is 4.74 Å². The summed E-state index contributed by atoms with van der Waals surface area (Å²) in [5.74, 6) is 0. The van der Waals surface area contributed by atoms with Crippen molar-refractivity contribution in [2.24, 2.45) is 0 Å². The average Bonchev–Trinajstić information content (AvgIpc) is 2.98. The van der Waals surface area contributed by atoms with Crippen molar-refractivity contribution >= 4 is 0 Å². The lowest BCUT2D eigenvalue weighted by atomic mass is 10.0. The van der Waals surface area contributed by atoms with Gasteiger partial charge in [0.1, 0.15) is 0 Å². The van der Waals surface area contributed by atoms with Gasteiger partial charge in [-0.1, -0.05) is 37.8 Å². The van der Waals surface area contributed by atoms with Crippen molar-refractivity contribution in [2.75, 3.05) is 0 Å². The van der Waals surface area contributed by atoms with Gasteiger partial charge >= 0.3 is 0 Å². The summed E-state index contributed by atoms with van der Waals surface area (Å²) in [5.41, 5.74) is 0. The van der Waals surface area contributed by atoms with Crippen molar-refractivity contribution in [3.05, 3.63) is 12.2 Å². The lowest BCUT2D eigenvalue weighted by molar-refractivity contribution is 0.348. The molecule has 1 fully saturated rings. The van der Waals surface area contributed by atoms with Gasteiger partial charge in [-0.2, -0.15) is 0 Å². The molecule has 0 aromatic heterocycles. The number of epoxide rings is 1. The molecule has 0 spiro atoms. The van der Waals surface area contributed by atoms with E-state index < -0.39 is 0 Å². The van der Waals surface area contributed by atoms with E-state index in [0.29, 0.717) is 12.2 Å². The predicted octanol–water partition coefficient (Wildman–Crippen LogP) is 4.22. The molecule has 86 valence electrons. The van der Waals surface area contributed by atoms with Crippen LogP contribution in [0.1, 0.15) is 64.2 Å². The summed E-state index contributed by atoms with van der Waals surface area (Å²) in [5, 5.41) is 0. The summed E-state index contributed by atoms with van der Waals surface area (Å²) in [7, 11) is 0. The van der Waals surface area contributed by atoms with E-state index in [-0.39, 0.29) is 0 Å². The average molecular weight is 208 g/mol. The summed E-state index contributed by atoms with van der Waals surface area (Å²) in [6.45, 7) is 0. The highest BCUT2D eigenvalue weighted by Crippen LogP contribution is 2.31. The Morgan fingerprint density at radius 2 is 1.20 bits per heavy atom. The molecule has 0 saturated carbocycles. The first-order chi connectivity index (χ1) is 7.47. The lowest BCUT2D eigenvalue weighted by Gasteiger charge is -2.00. The van der Waals surface area contributed by atoms with Crippen LogP contribution in [0.5, 0.6) is 0 Å². The molecule has 0 N–H and O–H groups in total. The van der Waals surface area contributed by atoms with Crippen molar-refractivity contribution in [3.8, 4) is 0 Å². The van der Waals surface area contributed by atoms with E-state index in [4.69, 9.17) is 4.74 Å². The predicted molar refractivity (Wildman–Crippen MR) is 64.0 cm³/mol. The van der Waals surface area contributed by atoms with Crippen LogP contribution in [0.2, 0.25) is 0 Å². The van der Waals surface area contributed by atoms with Gasteiger partial charge < -0.3 is 4.74 Å². The fraction of sp³-hybridized carbons (Fsp3) is 0.857. The fourth-order valence-corrected chi connectivity index (χ4v) is 2.49. The summed E-state index contributed by atoms with van der Waals surface area (Å²) in [6, 6.07) is 0. The van der Waals surface area contributed by atoms with E-state index in [0.717, 1.165) is 0 Å². The topological polar surface area (TPSA) is 12.5 Å². The van der Waals surface area contributed by atoms with E-state index >= 15 is 0 Å². The van der Waals surface area contributed by atoms with Crippen LogP contribution in [-0.4, -0.2) is 12.2 Å². The van der Waals surface area contributed by atoms with Crippen molar-refractivity contribution in [3.63, 3.8) is 0 Å². The van der Waals surface area contributed by atoms with Crippen molar-refractivity contribution in [1.29, 1.82) is 0 Å². The van der Waals surface area contributed by atoms with E-state index in [2.05, 4.69) is 12.2 Å². The molecule has 2 aliphatic rings. The molecule has 0 amide bonds. The molecule has 1 heteroatoms. The zero-order valence-electron chi connectivity index (χ0n) is 9.79. The monoisotopic (exact) mass is 208 g/mol. The van der Waals surface area contributed by atoms with Gasteiger partial charge in [-0.05, 0) is 38.5 Å². The number of hydrogen-bond donors (Lipinski definition) is 0. The first-order valence-electron chi connectivity index (χ1n) is 6.77. The van der Waals surface area contributed by atoms with Crippen LogP contribution in [0.4, 0.5) is 0 Å². The highest BCUT2D eigenvalue weighted by molar-refractivity contribution is 4.85. The molecule has 0 aromatic carbocycles. The van der Waals surface area contributed by atoms with Crippen molar-refractivity contribution in [1.82, 2.24) is 0 Å². The second kappa shape index (κ2) is 6.32. The molecule has 15 heavy (non-hydrogen) atoms. The van der Waals surface area contributed by atoms with E-state index in [1.54, 1.807) is 0 Å². The van der Waals surface area contributed by atoms with Gasteiger partial charge in [-0.3, -0.25) is 0 Å². The normalized spacial score (nSPS) is 34.1. The number of fused-ring (bicyclic) bond motifs is 1. The Bertz CT molecular complexity index is 178. The van der Waals surface area contributed by atoms with Gasteiger partial charge in [-0.25, -0.2) is 0 Å². The van der Waals surface area contributed by atoms with Gasteiger partial charge in [0.15, 0.2) is 0 Å². The molecule has 2 rings (SSSR count). The third-order valence-electron chi connectivity index (χ3n) is 3.57. The minimum absolute atomic E-state index is 0.642. The van der Waals surface area contributed by atoms with Crippen LogP contribution in [0, 0.1) is 0 Å². The molecule has 2 atom stereocenters. The number of hydrogen-bond acceptors (Lipinski definition) is 1. The smallest absolute Gasteiger partial charge is 0.0841 e. The first-order valence-corrected chi connectivity index (χ1v) is 6.77. The highest BCUT2D eigenvalue weighted by Gasteiger charge is 2.36. The lowest BCUT2D eigenvalue weighted by Crippen LogP contribution is -1.94. The highest BCUT2D eigenvalue weighted by atomic mass is 16.6. The number of rotatable bonds is 0. The Balaban J connectivity index is 1.67. The molecule has 0 bridgehead atoms. The van der Waals surface area contributed by atoms with Crippen LogP contribution >= 0.6 is 0 Å². The number of ether oxygens (including phenoxy) is 1. The van der Waals surface area contributed by atoms with Gasteiger partial charge in [0, 0.05) is 0 Å². The minimum atomic E-state index is 0.642. The molecular formula is C14H24O.